The maximum absolute atomic E-state index is 13.2. The van der Waals surface area contributed by atoms with Crippen molar-refractivity contribution >= 4 is 11.6 Å². The third kappa shape index (κ3) is 2.94. The summed E-state index contributed by atoms with van der Waals surface area (Å²) in [6.07, 6.45) is 0. The van der Waals surface area contributed by atoms with Gasteiger partial charge < -0.3 is 5.32 Å². The Morgan fingerprint density at radius 3 is 2.28 bits per heavy atom. The summed E-state index contributed by atoms with van der Waals surface area (Å²) in [5.74, 6) is -0.589. The largest absolute Gasteiger partial charge is 0.322 e. The van der Waals surface area contributed by atoms with Gasteiger partial charge in [0.15, 0.2) is 0 Å². The Kier molecular flexibility index (Phi) is 3.42. The highest BCUT2D eigenvalue weighted by Crippen LogP contribution is 2.14. The van der Waals surface area contributed by atoms with E-state index in [1.807, 2.05) is 19.1 Å². The van der Waals surface area contributed by atoms with Gasteiger partial charge in [-0.25, -0.2) is 4.39 Å². The number of anilines is 1. The molecular formula is C15H14FNO. The first-order chi connectivity index (χ1) is 8.54. The minimum absolute atomic E-state index is 0.236. The van der Waals surface area contributed by atoms with Gasteiger partial charge in [0.2, 0.25) is 0 Å². The average Bonchev–Trinajstić information content (AvgIpc) is 2.28. The summed E-state index contributed by atoms with van der Waals surface area (Å²) in [7, 11) is 0. The molecule has 92 valence electrons. The van der Waals surface area contributed by atoms with E-state index in [4.69, 9.17) is 0 Å². The zero-order valence-electron chi connectivity index (χ0n) is 10.3. The Morgan fingerprint density at radius 1 is 1.00 bits per heavy atom. The Bertz CT molecular complexity index is 555. The molecule has 0 heterocycles. The Balaban J connectivity index is 2.18. The molecule has 0 saturated carbocycles. The van der Waals surface area contributed by atoms with E-state index in [0.29, 0.717) is 11.3 Å². The number of hydrogen-bond acceptors (Lipinski definition) is 1. The van der Waals surface area contributed by atoms with Crippen molar-refractivity contribution in [2.45, 2.75) is 13.8 Å². The molecule has 0 aliphatic heterocycles. The predicted octanol–water partition coefficient (Wildman–Crippen LogP) is 3.69. The van der Waals surface area contributed by atoms with E-state index in [2.05, 4.69) is 5.32 Å². The van der Waals surface area contributed by atoms with Crippen molar-refractivity contribution in [3.8, 4) is 0 Å². The molecule has 3 heteroatoms. The molecule has 0 atom stereocenters. The van der Waals surface area contributed by atoms with Crippen LogP contribution < -0.4 is 5.32 Å². The summed E-state index contributed by atoms with van der Waals surface area (Å²) >= 11 is 0. The van der Waals surface area contributed by atoms with E-state index in [9.17, 15) is 9.18 Å². The first-order valence-corrected chi connectivity index (χ1v) is 5.70. The van der Waals surface area contributed by atoms with Crippen LogP contribution in [0.1, 0.15) is 21.5 Å². The minimum atomic E-state index is -0.353. The van der Waals surface area contributed by atoms with E-state index in [1.165, 1.54) is 12.1 Å². The Hall–Kier alpha value is -2.16. The molecule has 0 spiro atoms. The van der Waals surface area contributed by atoms with Crippen molar-refractivity contribution in [2.75, 3.05) is 5.32 Å². The summed E-state index contributed by atoms with van der Waals surface area (Å²) in [5, 5.41) is 2.68. The third-order valence-electron chi connectivity index (χ3n) is 2.61. The first-order valence-electron chi connectivity index (χ1n) is 5.70. The van der Waals surface area contributed by atoms with Crippen molar-refractivity contribution in [3.63, 3.8) is 0 Å². The molecular weight excluding hydrogens is 229 g/mol. The highest BCUT2D eigenvalue weighted by atomic mass is 19.1. The van der Waals surface area contributed by atoms with E-state index in [1.54, 1.807) is 25.1 Å². The molecule has 1 N–H and O–H groups in total. The number of carbonyl (C=O) groups is 1. The number of amides is 1. The monoisotopic (exact) mass is 243 g/mol. The van der Waals surface area contributed by atoms with E-state index in [0.717, 1.165) is 11.1 Å². The molecule has 18 heavy (non-hydrogen) atoms. The standard InChI is InChI=1S/C15H14FNO/c1-10-3-5-12(6-4-10)15(18)17-14-8-11(2)7-13(16)9-14/h3-9H,1-2H3,(H,17,18). The van der Waals surface area contributed by atoms with Gasteiger partial charge in [-0.3, -0.25) is 4.79 Å². The van der Waals surface area contributed by atoms with Crippen molar-refractivity contribution in [3.05, 3.63) is 65.0 Å². The van der Waals surface area contributed by atoms with Crippen LogP contribution in [0.3, 0.4) is 0 Å². The van der Waals surface area contributed by atoms with Crippen LogP contribution in [0.15, 0.2) is 42.5 Å². The number of rotatable bonds is 2. The lowest BCUT2D eigenvalue weighted by Gasteiger charge is -2.06. The Morgan fingerprint density at radius 2 is 1.67 bits per heavy atom. The van der Waals surface area contributed by atoms with Crippen LogP contribution in [0.2, 0.25) is 0 Å². The van der Waals surface area contributed by atoms with Crippen LogP contribution in [0.25, 0.3) is 0 Å². The molecule has 2 aromatic rings. The molecule has 2 rings (SSSR count). The lowest BCUT2D eigenvalue weighted by Crippen LogP contribution is -2.12. The smallest absolute Gasteiger partial charge is 0.255 e. The molecule has 0 saturated heterocycles. The minimum Gasteiger partial charge on any atom is -0.322 e. The maximum Gasteiger partial charge on any atom is 0.255 e. The van der Waals surface area contributed by atoms with Crippen LogP contribution in [-0.2, 0) is 0 Å². The fourth-order valence-corrected chi connectivity index (χ4v) is 1.72. The van der Waals surface area contributed by atoms with Crippen molar-refractivity contribution in [1.29, 1.82) is 0 Å². The van der Waals surface area contributed by atoms with Crippen molar-refractivity contribution in [1.82, 2.24) is 0 Å². The van der Waals surface area contributed by atoms with E-state index < -0.39 is 0 Å². The number of aryl methyl sites for hydroxylation is 2. The lowest BCUT2D eigenvalue weighted by molar-refractivity contribution is 0.102. The van der Waals surface area contributed by atoms with Gasteiger partial charge in [-0.1, -0.05) is 17.7 Å². The first kappa shape index (κ1) is 12.3. The summed E-state index contributed by atoms with van der Waals surface area (Å²) in [6.45, 7) is 3.74. The van der Waals surface area contributed by atoms with Crippen LogP contribution >= 0.6 is 0 Å². The highest BCUT2D eigenvalue weighted by Gasteiger charge is 2.06. The van der Waals surface area contributed by atoms with Crippen molar-refractivity contribution < 1.29 is 9.18 Å². The summed E-state index contributed by atoms with van der Waals surface area (Å²) in [4.78, 5) is 11.9. The van der Waals surface area contributed by atoms with E-state index >= 15 is 0 Å². The van der Waals surface area contributed by atoms with Crippen LogP contribution in [-0.4, -0.2) is 5.91 Å². The summed E-state index contributed by atoms with van der Waals surface area (Å²) in [5.41, 5.74) is 2.89. The highest BCUT2D eigenvalue weighted by molar-refractivity contribution is 6.04. The maximum atomic E-state index is 13.2. The second-order valence-electron chi connectivity index (χ2n) is 4.34. The van der Waals surface area contributed by atoms with Gasteiger partial charge in [-0.2, -0.15) is 0 Å². The predicted molar refractivity (Wildman–Crippen MR) is 70.3 cm³/mol. The number of nitrogens with one attached hydrogen (secondary N) is 1. The van der Waals surface area contributed by atoms with Crippen LogP contribution in [0, 0.1) is 19.7 Å². The fraction of sp³-hybridized carbons (Fsp3) is 0.133. The fourth-order valence-electron chi connectivity index (χ4n) is 1.72. The summed E-state index contributed by atoms with van der Waals surface area (Å²) < 4.78 is 13.2. The van der Waals surface area contributed by atoms with Gasteiger partial charge in [-0.15, -0.1) is 0 Å². The third-order valence-corrected chi connectivity index (χ3v) is 2.61. The number of halogens is 1. The summed E-state index contributed by atoms with van der Waals surface area (Å²) in [6, 6.07) is 11.7. The Labute approximate surface area is 105 Å². The van der Waals surface area contributed by atoms with Gasteiger partial charge in [0.1, 0.15) is 5.82 Å². The molecule has 2 nitrogen and oxygen atoms in total. The zero-order valence-corrected chi connectivity index (χ0v) is 10.3. The number of benzene rings is 2. The molecule has 0 bridgehead atoms. The van der Waals surface area contributed by atoms with Gasteiger partial charge in [0.25, 0.3) is 5.91 Å². The van der Waals surface area contributed by atoms with Crippen molar-refractivity contribution in [2.24, 2.45) is 0 Å². The second-order valence-corrected chi connectivity index (χ2v) is 4.34. The average molecular weight is 243 g/mol. The second kappa shape index (κ2) is 5.00. The number of hydrogen-bond donors (Lipinski definition) is 1. The van der Waals surface area contributed by atoms with Gasteiger partial charge in [-0.05, 0) is 49.7 Å². The van der Waals surface area contributed by atoms with Gasteiger partial charge >= 0.3 is 0 Å². The molecule has 1 amide bonds. The number of carbonyl (C=O) groups excluding carboxylic acids is 1. The molecule has 0 aliphatic rings. The van der Waals surface area contributed by atoms with Crippen LogP contribution in [0.5, 0.6) is 0 Å². The quantitative estimate of drug-likeness (QED) is 0.856. The molecule has 0 aromatic heterocycles. The topological polar surface area (TPSA) is 29.1 Å². The lowest BCUT2D eigenvalue weighted by atomic mass is 10.1. The molecule has 0 radical (unpaired) electrons. The molecule has 2 aromatic carbocycles. The molecule has 0 aliphatic carbocycles. The molecule has 0 fully saturated rings. The van der Waals surface area contributed by atoms with E-state index in [-0.39, 0.29) is 11.7 Å². The SMILES string of the molecule is Cc1ccc(C(=O)Nc2cc(C)cc(F)c2)cc1. The van der Waals surface area contributed by atoms with Gasteiger partial charge in [0.05, 0.1) is 0 Å². The van der Waals surface area contributed by atoms with Crippen LogP contribution in [0.4, 0.5) is 10.1 Å². The zero-order chi connectivity index (χ0) is 13.1. The normalized spacial score (nSPS) is 10.2. The van der Waals surface area contributed by atoms with Gasteiger partial charge in [0, 0.05) is 11.3 Å². The molecule has 0 unspecified atom stereocenters.